The number of benzene rings is 1. The number of aromatic nitrogens is 1. The van der Waals surface area contributed by atoms with E-state index in [4.69, 9.17) is 0 Å². The van der Waals surface area contributed by atoms with Crippen molar-refractivity contribution in [1.82, 2.24) is 15.6 Å². The van der Waals surface area contributed by atoms with E-state index in [0.717, 1.165) is 16.3 Å². The Hall–Kier alpha value is -1.92. The molecule has 2 aromatic rings. The summed E-state index contributed by atoms with van der Waals surface area (Å²) in [4.78, 5) is 16.3. The smallest absolute Gasteiger partial charge is 0.315 e. The molecule has 3 N–H and O–H groups in total. The third kappa shape index (κ3) is 5.04. The fourth-order valence-electron chi connectivity index (χ4n) is 2.05. The molecule has 1 aromatic carbocycles. The molecule has 0 radical (unpaired) electrons. The highest BCUT2D eigenvalue weighted by molar-refractivity contribution is 7.09. The Morgan fingerprint density at radius 2 is 2.00 bits per heavy atom. The van der Waals surface area contributed by atoms with E-state index in [2.05, 4.69) is 29.5 Å². The van der Waals surface area contributed by atoms with E-state index in [1.54, 1.807) is 18.3 Å². The lowest BCUT2D eigenvalue weighted by Gasteiger charge is -2.24. The number of urea groups is 1. The number of amides is 2. The summed E-state index contributed by atoms with van der Waals surface area (Å²) >= 11 is 1.60. The standard InChI is InChI=1S/C17H23N3O2S/c1-12(2)15-20-14(10-23-15)9-18-16(21)19-11-17(3,22)13-7-5-4-6-8-13/h4-8,10,12,22H,9,11H2,1-3H3,(H2,18,19,21). The molecule has 1 unspecified atom stereocenters. The van der Waals surface area contributed by atoms with Crippen molar-refractivity contribution in [2.24, 2.45) is 0 Å². The predicted molar refractivity (Wildman–Crippen MR) is 92.5 cm³/mol. The summed E-state index contributed by atoms with van der Waals surface area (Å²) in [5.41, 5.74) is 0.509. The Labute approximate surface area is 140 Å². The largest absolute Gasteiger partial charge is 0.384 e. The molecular formula is C17H23N3O2S. The van der Waals surface area contributed by atoms with Crippen molar-refractivity contribution in [1.29, 1.82) is 0 Å². The van der Waals surface area contributed by atoms with Crippen LogP contribution in [0.25, 0.3) is 0 Å². The zero-order valence-corrected chi connectivity index (χ0v) is 14.5. The fraction of sp³-hybridized carbons (Fsp3) is 0.412. The summed E-state index contributed by atoms with van der Waals surface area (Å²) in [6.45, 7) is 6.38. The molecule has 0 aliphatic carbocycles. The Morgan fingerprint density at radius 3 is 2.61 bits per heavy atom. The minimum Gasteiger partial charge on any atom is -0.384 e. The molecule has 0 spiro atoms. The summed E-state index contributed by atoms with van der Waals surface area (Å²) in [7, 11) is 0. The van der Waals surface area contributed by atoms with Gasteiger partial charge in [-0.15, -0.1) is 11.3 Å². The second-order valence-corrected chi connectivity index (χ2v) is 6.90. The Bertz CT molecular complexity index is 638. The van der Waals surface area contributed by atoms with Gasteiger partial charge in [0.15, 0.2) is 0 Å². The van der Waals surface area contributed by atoms with Crippen molar-refractivity contribution in [3.05, 3.63) is 52.0 Å². The molecule has 0 saturated heterocycles. The van der Waals surface area contributed by atoms with Crippen molar-refractivity contribution in [3.63, 3.8) is 0 Å². The zero-order chi connectivity index (χ0) is 16.9. The van der Waals surface area contributed by atoms with Crippen LogP contribution >= 0.6 is 11.3 Å². The Kier molecular flexibility index (Phi) is 5.74. The van der Waals surface area contributed by atoms with Crippen molar-refractivity contribution in [2.75, 3.05) is 6.54 Å². The SMILES string of the molecule is CC(C)c1nc(CNC(=O)NCC(C)(O)c2ccccc2)cs1. The van der Waals surface area contributed by atoms with Crippen LogP contribution < -0.4 is 10.6 Å². The van der Waals surface area contributed by atoms with Gasteiger partial charge in [-0.3, -0.25) is 0 Å². The summed E-state index contributed by atoms with van der Waals surface area (Å²) in [6.07, 6.45) is 0. The van der Waals surface area contributed by atoms with Gasteiger partial charge in [0.25, 0.3) is 0 Å². The van der Waals surface area contributed by atoms with Gasteiger partial charge < -0.3 is 15.7 Å². The number of nitrogens with one attached hydrogen (secondary N) is 2. The van der Waals surface area contributed by atoms with Crippen LogP contribution in [0.5, 0.6) is 0 Å². The minimum atomic E-state index is -1.11. The van der Waals surface area contributed by atoms with E-state index < -0.39 is 5.60 Å². The lowest BCUT2D eigenvalue weighted by atomic mass is 9.96. The molecule has 0 bridgehead atoms. The van der Waals surface area contributed by atoms with Gasteiger partial charge in [-0.1, -0.05) is 44.2 Å². The maximum Gasteiger partial charge on any atom is 0.315 e. The van der Waals surface area contributed by atoms with Gasteiger partial charge in [0.2, 0.25) is 0 Å². The first-order valence-electron chi connectivity index (χ1n) is 7.62. The number of hydrogen-bond acceptors (Lipinski definition) is 4. The second kappa shape index (κ2) is 7.57. The first kappa shape index (κ1) is 17.4. The van der Waals surface area contributed by atoms with Gasteiger partial charge in [-0.05, 0) is 12.5 Å². The van der Waals surface area contributed by atoms with E-state index in [9.17, 15) is 9.90 Å². The van der Waals surface area contributed by atoms with Crippen LogP contribution in [0.3, 0.4) is 0 Å². The molecule has 1 heterocycles. The third-order valence-electron chi connectivity index (χ3n) is 3.48. The predicted octanol–water partition coefficient (Wildman–Crippen LogP) is 2.97. The first-order chi connectivity index (χ1) is 10.9. The molecule has 0 fully saturated rings. The molecule has 1 atom stereocenters. The Balaban J connectivity index is 1.80. The number of aliphatic hydroxyl groups is 1. The van der Waals surface area contributed by atoms with Crippen LogP contribution in [-0.2, 0) is 12.1 Å². The lowest BCUT2D eigenvalue weighted by molar-refractivity contribution is 0.0594. The van der Waals surface area contributed by atoms with E-state index in [1.807, 2.05) is 35.7 Å². The summed E-state index contributed by atoms with van der Waals surface area (Å²) in [6, 6.07) is 8.96. The number of carbonyl (C=O) groups excluding carboxylic acids is 1. The lowest BCUT2D eigenvalue weighted by Crippen LogP contribution is -2.43. The number of rotatable bonds is 6. The number of nitrogens with zero attached hydrogens (tertiary/aromatic N) is 1. The summed E-state index contributed by atoms with van der Waals surface area (Å²) in [5, 5.41) is 18.9. The normalized spacial score (nSPS) is 13.6. The molecule has 0 aliphatic heterocycles. The molecule has 2 amide bonds. The van der Waals surface area contributed by atoms with Crippen LogP contribution in [0.2, 0.25) is 0 Å². The van der Waals surface area contributed by atoms with Crippen LogP contribution in [0, 0.1) is 0 Å². The van der Waals surface area contributed by atoms with Crippen molar-refractivity contribution < 1.29 is 9.90 Å². The zero-order valence-electron chi connectivity index (χ0n) is 13.7. The highest BCUT2D eigenvalue weighted by Crippen LogP contribution is 2.19. The van der Waals surface area contributed by atoms with Gasteiger partial charge in [-0.2, -0.15) is 0 Å². The van der Waals surface area contributed by atoms with Crippen LogP contribution in [0.15, 0.2) is 35.7 Å². The van der Waals surface area contributed by atoms with E-state index in [1.165, 1.54) is 0 Å². The molecule has 5 nitrogen and oxygen atoms in total. The van der Waals surface area contributed by atoms with Crippen molar-refractivity contribution in [3.8, 4) is 0 Å². The second-order valence-electron chi connectivity index (χ2n) is 6.01. The van der Waals surface area contributed by atoms with E-state index in [-0.39, 0.29) is 12.6 Å². The number of carbonyl (C=O) groups is 1. The maximum absolute atomic E-state index is 11.9. The highest BCUT2D eigenvalue weighted by Gasteiger charge is 2.23. The quantitative estimate of drug-likeness (QED) is 0.761. The molecule has 1 aromatic heterocycles. The van der Waals surface area contributed by atoms with E-state index in [0.29, 0.717) is 12.5 Å². The molecule has 124 valence electrons. The molecule has 0 saturated carbocycles. The molecular weight excluding hydrogens is 310 g/mol. The van der Waals surface area contributed by atoms with Gasteiger partial charge in [0, 0.05) is 11.3 Å². The third-order valence-corrected chi connectivity index (χ3v) is 4.68. The highest BCUT2D eigenvalue weighted by atomic mass is 32.1. The van der Waals surface area contributed by atoms with Crippen LogP contribution in [0.4, 0.5) is 4.79 Å². The fourth-order valence-corrected chi connectivity index (χ4v) is 2.89. The monoisotopic (exact) mass is 333 g/mol. The molecule has 2 rings (SSSR count). The molecule has 23 heavy (non-hydrogen) atoms. The van der Waals surface area contributed by atoms with Gasteiger partial charge in [-0.25, -0.2) is 9.78 Å². The number of hydrogen-bond donors (Lipinski definition) is 3. The van der Waals surface area contributed by atoms with Gasteiger partial charge >= 0.3 is 6.03 Å². The summed E-state index contributed by atoms with van der Waals surface area (Å²) in [5.74, 6) is 0.392. The topological polar surface area (TPSA) is 74.2 Å². The Morgan fingerprint density at radius 1 is 1.30 bits per heavy atom. The first-order valence-corrected chi connectivity index (χ1v) is 8.50. The molecule has 6 heteroatoms. The van der Waals surface area contributed by atoms with Gasteiger partial charge in [0.1, 0.15) is 5.60 Å². The van der Waals surface area contributed by atoms with E-state index >= 15 is 0 Å². The minimum absolute atomic E-state index is 0.136. The van der Waals surface area contributed by atoms with Crippen LogP contribution in [-0.4, -0.2) is 22.7 Å². The summed E-state index contributed by atoms with van der Waals surface area (Å²) < 4.78 is 0. The number of thiazole rings is 1. The average Bonchev–Trinajstić information content (AvgIpc) is 3.01. The van der Waals surface area contributed by atoms with Crippen LogP contribution in [0.1, 0.15) is 43.0 Å². The van der Waals surface area contributed by atoms with Crippen molar-refractivity contribution in [2.45, 2.75) is 38.8 Å². The van der Waals surface area contributed by atoms with Gasteiger partial charge in [0.05, 0.1) is 23.8 Å². The maximum atomic E-state index is 11.9. The average molecular weight is 333 g/mol. The van der Waals surface area contributed by atoms with Crippen molar-refractivity contribution >= 4 is 17.4 Å². The molecule has 0 aliphatic rings.